The van der Waals surface area contributed by atoms with Crippen LogP contribution in [0.4, 0.5) is 0 Å². The van der Waals surface area contributed by atoms with Gasteiger partial charge in [0.2, 0.25) is 0 Å². The first-order valence-electron chi connectivity index (χ1n) is 5.80. The summed E-state index contributed by atoms with van der Waals surface area (Å²) in [4.78, 5) is 14.2. The van der Waals surface area contributed by atoms with Gasteiger partial charge in [-0.15, -0.1) is 22.9 Å². The summed E-state index contributed by atoms with van der Waals surface area (Å²) in [6, 6.07) is 1.61. The number of halogens is 3. The summed E-state index contributed by atoms with van der Waals surface area (Å²) in [5.41, 5.74) is 0.0300. The summed E-state index contributed by atoms with van der Waals surface area (Å²) in [6.45, 7) is 4.85. The average molecular weight is 343 g/mol. The zero-order valence-electron chi connectivity index (χ0n) is 10.6. The molecule has 1 aromatic heterocycles. The Hall–Kier alpha value is -0.000000000000000187. The van der Waals surface area contributed by atoms with Crippen LogP contribution in [0.2, 0.25) is 8.67 Å². The number of morpholine rings is 1. The van der Waals surface area contributed by atoms with Gasteiger partial charge in [-0.05, 0) is 19.9 Å². The van der Waals surface area contributed by atoms with Gasteiger partial charge in [0.25, 0.3) is 5.91 Å². The molecule has 0 bridgehead atoms. The van der Waals surface area contributed by atoms with Crippen LogP contribution in [-0.2, 0) is 4.74 Å². The Morgan fingerprint density at radius 2 is 2.26 bits per heavy atom. The predicted molar refractivity (Wildman–Crippen MR) is 79.9 cm³/mol. The van der Waals surface area contributed by atoms with Crippen LogP contribution in [0.1, 0.15) is 24.2 Å². The minimum atomic E-state index is -0.417. The SMILES string of the molecule is CC1(C)CN(C(=O)c2cc(Cl)sc2Cl)CC(CCl)O1. The van der Waals surface area contributed by atoms with Crippen LogP contribution in [0.15, 0.2) is 6.07 Å². The fourth-order valence-corrected chi connectivity index (χ4v) is 3.80. The summed E-state index contributed by atoms with van der Waals surface area (Å²) < 4.78 is 6.72. The molecule has 2 rings (SSSR count). The number of hydrogen-bond donors (Lipinski definition) is 0. The van der Waals surface area contributed by atoms with Gasteiger partial charge in [0.1, 0.15) is 4.34 Å². The number of carbonyl (C=O) groups is 1. The lowest BCUT2D eigenvalue weighted by Gasteiger charge is -2.42. The van der Waals surface area contributed by atoms with Gasteiger partial charge in [-0.3, -0.25) is 4.79 Å². The second kappa shape index (κ2) is 5.78. The Balaban J connectivity index is 2.21. The molecule has 1 fully saturated rings. The Morgan fingerprint density at radius 3 is 2.79 bits per heavy atom. The highest BCUT2D eigenvalue weighted by molar-refractivity contribution is 7.20. The molecule has 0 aromatic carbocycles. The molecule has 1 amide bonds. The molecule has 106 valence electrons. The van der Waals surface area contributed by atoms with E-state index in [-0.39, 0.29) is 12.0 Å². The van der Waals surface area contributed by atoms with Crippen LogP contribution in [0.3, 0.4) is 0 Å². The van der Waals surface area contributed by atoms with Crippen LogP contribution in [-0.4, -0.2) is 41.5 Å². The predicted octanol–water partition coefficient (Wildman–Crippen LogP) is 3.91. The number of ether oxygens (including phenoxy) is 1. The minimum absolute atomic E-state index is 0.125. The molecule has 1 aliphatic rings. The monoisotopic (exact) mass is 341 g/mol. The molecule has 2 heterocycles. The van der Waals surface area contributed by atoms with Crippen LogP contribution in [0.5, 0.6) is 0 Å². The fraction of sp³-hybridized carbons (Fsp3) is 0.583. The first-order chi connectivity index (χ1) is 8.82. The van der Waals surface area contributed by atoms with E-state index in [0.29, 0.717) is 33.2 Å². The van der Waals surface area contributed by atoms with Gasteiger partial charge in [0.15, 0.2) is 0 Å². The molecular weight excluding hydrogens is 329 g/mol. The molecule has 1 atom stereocenters. The molecule has 1 aromatic rings. The second-order valence-corrected chi connectivity index (χ2v) is 7.67. The Kier molecular flexibility index (Phi) is 4.68. The van der Waals surface area contributed by atoms with Crippen molar-refractivity contribution in [2.75, 3.05) is 19.0 Å². The standard InChI is InChI=1S/C12H14Cl3NO2S/c1-12(2)6-16(5-7(4-13)18-12)11(17)8-3-9(14)19-10(8)15/h3,7H,4-6H2,1-2H3. The smallest absolute Gasteiger partial charge is 0.256 e. The number of carbonyl (C=O) groups excluding carboxylic acids is 1. The van der Waals surface area contributed by atoms with E-state index in [1.165, 1.54) is 11.3 Å². The second-order valence-electron chi connectivity index (χ2n) is 5.08. The van der Waals surface area contributed by atoms with Crippen LogP contribution >= 0.6 is 46.1 Å². The molecular formula is C12H14Cl3NO2S. The first-order valence-corrected chi connectivity index (χ1v) is 7.91. The van der Waals surface area contributed by atoms with Crippen molar-refractivity contribution in [3.8, 4) is 0 Å². The van der Waals surface area contributed by atoms with E-state index in [2.05, 4.69) is 0 Å². The molecule has 3 nitrogen and oxygen atoms in total. The number of amides is 1. The summed E-state index contributed by atoms with van der Waals surface area (Å²) in [7, 11) is 0. The van der Waals surface area contributed by atoms with Gasteiger partial charge in [0.05, 0.1) is 27.5 Å². The van der Waals surface area contributed by atoms with Gasteiger partial charge < -0.3 is 9.64 Å². The maximum absolute atomic E-state index is 12.5. The summed E-state index contributed by atoms with van der Waals surface area (Å²) in [5, 5.41) is 0. The molecule has 1 unspecified atom stereocenters. The van der Waals surface area contributed by atoms with E-state index >= 15 is 0 Å². The third-order valence-electron chi connectivity index (χ3n) is 2.83. The number of alkyl halides is 1. The lowest BCUT2D eigenvalue weighted by molar-refractivity contribution is -0.117. The molecule has 0 spiro atoms. The Bertz CT molecular complexity index is 489. The summed E-state index contributed by atoms with van der Waals surface area (Å²) >= 11 is 19.0. The first kappa shape index (κ1) is 15.4. The third-order valence-corrected chi connectivity index (χ3v) is 4.66. The fourth-order valence-electron chi connectivity index (χ4n) is 2.19. The van der Waals surface area contributed by atoms with E-state index in [0.717, 1.165) is 0 Å². The van der Waals surface area contributed by atoms with E-state index in [9.17, 15) is 4.79 Å². The maximum Gasteiger partial charge on any atom is 0.256 e. The van der Waals surface area contributed by atoms with E-state index in [4.69, 9.17) is 39.5 Å². The lowest BCUT2D eigenvalue weighted by atomic mass is 10.0. The van der Waals surface area contributed by atoms with E-state index < -0.39 is 5.60 Å². The maximum atomic E-state index is 12.5. The van der Waals surface area contributed by atoms with Crippen molar-refractivity contribution in [3.63, 3.8) is 0 Å². The van der Waals surface area contributed by atoms with Crippen molar-refractivity contribution in [1.82, 2.24) is 4.90 Å². The van der Waals surface area contributed by atoms with Crippen molar-refractivity contribution < 1.29 is 9.53 Å². The lowest BCUT2D eigenvalue weighted by Crippen LogP contribution is -2.55. The molecule has 0 radical (unpaired) electrons. The molecule has 0 N–H and O–H groups in total. The molecule has 0 saturated carbocycles. The number of nitrogens with zero attached hydrogens (tertiary/aromatic N) is 1. The quantitative estimate of drug-likeness (QED) is 0.763. The molecule has 1 saturated heterocycles. The number of hydrogen-bond acceptors (Lipinski definition) is 3. The average Bonchev–Trinajstić information content (AvgIpc) is 2.65. The van der Waals surface area contributed by atoms with Gasteiger partial charge in [-0.25, -0.2) is 0 Å². The molecule has 1 aliphatic heterocycles. The Morgan fingerprint density at radius 1 is 1.58 bits per heavy atom. The topological polar surface area (TPSA) is 29.5 Å². The zero-order valence-corrected chi connectivity index (χ0v) is 13.7. The largest absolute Gasteiger partial charge is 0.367 e. The van der Waals surface area contributed by atoms with Gasteiger partial charge >= 0.3 is 0 Å². The number of rotatable bonds is 2. The summed E-state index contributed by atoms with van der Waals surface area (Å²) in [6.07, 6.45) is -0.165. The van der Waals surface area contributed by atoms with Gasteiger partial charge in [0, 0.05) is 13.1 Å². The highest BCUT2D eigenvalue weighted by Gasteiger charge is 2.36. The van der Waals surface area contributed by atoms with Crippen LogP contribution < -0.4 is 0 Å². The van der Waals surface area contributed by atoms with Crippen molar-refractivity contribution >= 4 is 52.0 Å². The third kappa shape index (κ3) is 3.56. The highest BCUT2D eigenvalue weighted by Crippen LogP contribution is 2.33. The molecule has 7 heteroatoms. The molecule has 0 aliphatic carbocycles. The number of thiophene rings is 1. The van der Waals surface area contributed by atoms with Crippen LogP contribution in [0, 0.1) is 0 Å². The normalized spacial score (nSPS) is 22.6. The molecule has 19 heavy (non-hydrogen) atoms. The van der Waals surface area contributed by atoms with Crippen LogP contribution in [0.25, 0.3) is 0 Å². The van der Waals surface area contributed by atoms with E-state index in [1.54, 1.807) is 11.0 Å². The Labute approximate surface area is 131 Å². The highest BCUT2D eigenvalue weighted by atomic mass is 35.5. The van der Waals surface area contributed by atoms with Crippen molar-refractivity contribution in [3.05, 3.63) is 20.3 Å². The van der Waals surface area contributed by atoms with Crippen molar-refractivity contribution in [2.45, 2.75) is 25.6 Å². The zero-order chi connectivity index (χ0) is 14.2. The van der Waals surface area contributed by atoms with Crippen molar-refractivity contribution in [1.29, 1.82) is 0 Å². The van der Waals surface area contributed by atoms with E-state index in [1.807, 2.05) is 13.8 Å². The van der Waals surface area contributed by atoms with Gasteiger partial charge in [-0.1, -0.05) is 23.2 Å². The summed E-state index contributed by atoms with van der Waals surface area (Å²) in [5.74, 6) is 0.227. The minimum Gasteiger partial charge on any atom is -0.367 e. The van der Waals surface area contributed by atoms with Crippen molar-refractivity contribution in [2.24, 2.45) is 0 Å². The van der Waals surface area contributed by atoms with Gasteiger partial charge in [-0.2, -0.15) is 0 Å².